The van der Waals surface area contributed by atoms with Crippen LogP contribution in [0.4, 0.5) is 18.9 Å². The van der Waals surface area contributed by atoms with E-state index in [-0.39, 0.29) is 10.8 Å². The Labute approximate surface area is 118 Å². The maximum atomic E-state index is 12.5. The summed E-state index contributed by atoms with van der Waals surface area (Å²) in [5, 5.41) is 5.63. The molecule has 4 N–H and O–H groups in total. The summed E-state index contributed by atoms with van der Waals surface area (Å²) >= 11 is 9.67. The number of hydrogen-bond acceptors (Lipinski definition) is 2. The van der Waals surface area contributed by atoms with Crippen LogP contribution in [0.1, 0.15) is 5.56 Å². The van der Waals surface area contributed by atoms with Gasteiger partial charge in [0.15, 0.2) is 10.2 Å². The van der Waals surface area contributed by atoms with Crippen LogP contribution in [0.15, 0.2) is 24.3 Å². The van der Waals surface area contributed by atoms with E-state index < -0.39 is 11.7 Å². The number of benzene rings is 1. The molecule has 0 heterocycles. The molecule has 19 heavy (non-hydrogen) atoms. The summed E-state index contributed by atoms with van der Waals surface area (Å²) in [4.78, 5) is 0. The summed E-state index contributed by atoms with van der Waals surface area (Å²) < 4.78 is 37.5. The predicted molar refractivity (Wildman–Crippen MR) is 75.6 cm³/mol. The molecule has 0 radical (unpaired) electrons. The molecule has 0 aliphatic carbocycles. The van der Waals surface area contributed by atoms with Gasteiger partial charge in [-0.3, -0.25) is 10.9 Å². The van der Waals surface area contributed by atoms with Crippen molar-refractivity contribution in [3.8, 4) is 0 Å². The second-order valence-corrected chi connectivity index (χ2v) is 4.18. The van der Waals surface area contributed by atoms with E-state index in [0.717, 1.165) is 12.1 Å². The average molecular weight is 308 g/mol. The molecule has 0 unspecified atom stereocenters. The molecular formula is C10H11F3N4S2. The van der Waals surface area contributed by atoms with Gasteiger partial charge in [0.05, 0.1) is 5.56 Å². The van der Waals surface area contributed by atoms with Gasteiger partial charge in [-0.2, -0.15) is 13.2 Å². The van der Waals surface area contributed by atoms with Crippen LogP contribution in [0.3, 0.4) is 0 Å². The quantitative estimate of drug-likeness (QED) is 0.470. The molecule has 0 fully saturated rings. The lowest BCUT2D eigenvalue weighted by molar-refractivity contribution is -0.137. The van der Waals surface area contributed by atoms with E-state index >= 15 is 0 Å². The van der Waals surface area contributed by atoms with Crippen molar-refractivity contribution in [3.05, 3.63) is 29.8 Å². The van der Waals surface area contributed by atoms with Gasteiger partial charge in [-0.1, -0.05) is 6.07 Å². The maximum absolute atomic E-state index is 12.5. The van der Waals surface area contributed by atoms with Crippen LogP contribution < -0.4 is 21.5 Å². The molecule has 0 spiro atoms. The van der Waals surface area contributed by atoms with Crippen molar-refractivity contribution in [2.45, 2.75) is 6.18 Å². The molecule has 0 aromatic heterocycles. The summed E-state index contributed by atoms with van der Waals surface area (Å²) in [6.07, 6.45) is -4.39. The summed E-state index contributed by atoms with van der Waals surface area (Å²) in [5.41, 5.74) is 4.54. The summed E-state index contributed by atoms with van der Waals surface area (Å²) in [6.45, 7) is 0. The van der Waals surface area contributed by atoms with Crippen LogP contribution >= 0.6 is 24.4 Å². The number of anilines is 1. The second kappa shape index (κ2) is 6.53. The van der Waals surface area contributed by atoms with Gasteiger partial charge in [0.1, 0.15) is 0 Å². The molecule has 9 heteroatoms. The van der Waals surface area contributed by atoms with E-state index in [2.05, 4.69) is 21.5 Å². The first kappa shape index (κ1) is 15.4. The second-order valence-electron chi connectivity index (χ2n) is 3.36. The van der Waals surface area contributed by atoms with E-state index in [1.165, 1.54) is 12.1 Å². The number of thiocarbonyl (C=S) groups is 2. The molecule has 0 atom stereocenters. The zero-order valence-electron chi connectivity index (χ0n) is 9.76. The summed E-state index contributed by atoms with van der Waals surface area (Å²) in [6, 6.07) is 4.71. The largest absolute Gasteiger partial charge is 0.416 e. The first-order valence-electron chi connectivity index (χ1n) is 5.05. The molecular weight excluding hydrogens is 297 g/mol. The third-order valence-electron chi connectivity index (χ3n) is 1.96. The van der Waals surface area contributed by atoms with Crippen LogP contribution in [0.2, 0.25) is 0 Å². The molecule has 4 nitrogen and oxygen atoms in total. The number of nitrogens with one attached hydrogen (secondary N) is 4. The van der Waals surface area contributed by atoms with Crippen molar-refractivity contribution in [2.75, 3.05) is 12.4 Å². The Morgan fingerprint density at radius 1 is 1.11 bits per heavy atom. The highest BCUT2D eigenvalue weighted by Gasteiger charge is 2.30. The van der Waals surface area contributed by atoms with Crippen LogP contribution in [0, 0.1) is 0 Å². The summed E-state index contributed by atoms with van der Waals surface area (Å²) in [7, 11) is 1.61. The van der Waals surface area contributed by atoms with Gasteiger partial charge < -0.3 is 10.6 Å². The zero-order chi connectivity index (χ0) is 14.5. The minimum Gasteiger partial charge on any atom is -0.364 e. The van der Waals surface area contributed by atoms with Gasteiger partial charge in [-0.05, 0) is 42.6 Å². The molecule has 0 amide bonds. The Morgan fingerprint density at radius 2 is 1.74 bits per heavy atom. The fraction of sp³-hybridized carbons (Fsp3) is 0.200. The van der Waals surface area contributed by atoms with Gasteiger partial charge >= 0.3 is 6.18 Å². The average Bonchev–Trinajstić information content (AvgIpc) is 2.35. The van der Waals surface area contributed by atoms with E-state index in [1.54, 1.807) is 7.05 Å². The van der Waals surface area contributed by atoms with Gasteiger partial charge in [-0.25, -0.2) is 0 Å². The molecule has 0 saturated heterocycles. The Bertz CT molecular complexity index is 476. The maximum Gasteiger partial charge on any atom is 0.416 e. The number of alkyl halides is 3. The Kier molecular flexibility index (Phi) is 5.31. The fourth-order valence-electron chi connectivity index (χ4n) is 1.11. The molecule has 0 aliphatic rings. The monoisotopic (exact) mass is 308 g/mol. The van der Waals surface area contributed by atoms with E-state index in [9.17, 15) is 13.2 Å². The Balaban J connectivity index is 2.62. The van der Waals surface area contributed by atoms with Crippen molar-refractivity contribution in [1.82, 2.24) is 16.2 Å². The highest BCUT2D eigenvalue weighted by Crippen LogP contribution is 2.30. The van der Waals surface area contributed by atoms with E-state index in [4.69, 9.17) is 24.4 Å². The van der Waals surface area contributed by atoms with Crippen molar-refractivity contribution in [2.24, 2.45) is 0 Å². The van der Waals surface area contributed by atoms with Crippen LogP contribution in [-0.4, -0.2) is 17.3 Å². The van der Waals surface area contributed by atoms with Gasteiger partial charge in [-0.15, -0.1) is 0 Å². The lowest BCUT2D eigenvalue weighted by Crippen LogP contribution is -2.47. The molecule has 1 aromatic rings. The number of halogens is 3. The summed E-state index contributed by atoms with van der Waals surface area (Å²) in [5.74, 6) is 0. The van der Waals surface area contributed by atoms with Crippen molar-refractivity contribution in [1.29, 1.82) is 0 Å². The predicted octanol–water partition coefficient (Wildman–Crippen LogP) is 2.00. The lowest BCUT2D eigenvalue weighted by atomic mass is 10.2. The minimum absolute atomic E-state index is 0.0944. The van der Waals surface area contributed by atoms with E-state index in [0.29, 0.717) is 5.11 Å². The molecule has 0 bridgehead atoms. The Morgan fingerprint density at radius 3 is 2.32 bits per heavy atom. The highest BCUT2D eigenvalue weighted by molar-refractivity contribution is 7.80. The zero-order valence-corrected chi connectivity index (χ0v) is 11.4. The topological polar surface area (TPSA) is 48.1 Å². The van der Waals surface area contributed by atoms with Gasteiger partial charge in [0.25, 0.3) is 0 Å². The number of hydrazine groups is 1. The van der Waals surface area contributed by atoms with E-state index in [1.807, 2.05) is 0 Å². The standard InChI is InChI=1S/C10H11F3N4S2/c1-14-8(18)16-17-9(19)15-7-4-2-3-6(5-7)10(11,12)13/h2-5H,1H3,(H2,14,16,18)(H2,15,17,19). The normalized spacial score (nSPS) is 10.5. The van der Waals surface area contributed by atoms with Crippen LogP contribution in [0.25, 0.3) is 0 Å². The molecule has 1 rings (SSSR count). The first-order valence-corrected chi connectivity index (χ1v) is 5.86. The molecule has 0 aliphatic heterocycles. The van der Waals surface area contributed by atoms with Crippen molar-refractivity contribution in [3.63, 3.8) is 0 Å². The fourth-order valence-corrected chi connectivity index (χ4v) is 1.33. The smallest absolute Gasteiger partial charge is 0.364 e. The van der Waals surface area contributed by atoms with Crippen molar-refractivity contribution < 1.29 is 13.2 Å². The van der Waals surface area contributed by atoms with Crippen LogP contribution in [0.5, 0.6) is 0 Å². The van der Waals surface area contributed by atoms with Gasteiger partial charge in [0, 0.05) is 12.7 Å². The van der Waals surface area contributed by atoms with Crippen LogP contribution in [-0.2, 0) is 6.18 Å². The third-order valence-corrected chi connectivity index (χ3v) is 2.47. The van der Waals surface area contributed by atoms with Crippen molar-refractivity contribution >= 4 is 40.3 Å². The third kappa shape index (κ3) is 5.26. The Hall–Kier alpha value is -1.61. The molecule has 0 saturated carbocycles. The first-order chi connectivity index (χ1) is 8.82. The SMILES string of the molecule is CNC(=S)NNC(=S)Nc1cccc(C(F)(F)F)c1. The van der Waals surface area contributed by atoms with Gasteiger partial charge in [0.2, 0.25) is 0 Å². The minimum atomic E-state index is -4.39. The molecule has 104 valence electrons. The lowest BCUT2D eigenvalue weighted by Gasteiger charge is -2.14. The number of rotatable bonds is 1. The number of hydrogen-bond donors (Lipinski definition) is 4. The highest BCUT2D eigenvalue weighted by atomic mass is 32.1. The molecule has 1 aromatic carbocycles.